The third-order valence-electron chi connectivity index (χ3n) is 4.07. The summed E-state index contributed by atoms with van der Waals surface area (Å²) in [7, 11) is 3.25. The van der Waals surface area contributed by atoms with Crippen LogP contribution in [0.3, 0.4) is 0 Å². The molecule has 1 aromatic carbocycles. The average molecular weight is 390 g/mol. The smallest absolute Gasteiger partial charge is 0.271 e. The number of nitrogens with zero attached hydrogens (tertiary/aromatic N) is 4. The molecule has 0 saturated carbocycles. The summed E-state index contributed by atoms with van der Waals surface area (Å²) < 4.78 is 0.484. The standard InChI is InChI=1S/C16H16BrN5O2/c1-21-12(8-10-6-4-3-5-7-10)15(23)22(2)13(16(21)24)9-11-14(17)19-20-18-11/h3-7,9,12H,8H2,1-2H3,(H,18,19,20). The van der Waals surface area contributed by atoms with Gasteiger partial charge in [-0.3, -0.25) is 14.7 Å². The summed E-state index contributed by atoms with van der Waals surface area (Å²) in [6, 6.07) is 9.13. The number of aromatic amines is 1. The molecule has 3 rings (SSSR count). The number of rotatable bonds is 3. The minimum absolute atomic E-state index is 0.129. The zero-order valence-electron chi connectivity index (χ0n) is 13.2. The first-order valence-corrected chi connectivity index (χ1v) is 8.15. The Labute approximate surface area is 147 Å². The van der Waals surface area contributed by atoms with E-state index in [1.807, 2.05) is 30.3 Å². The van der Waals surface area contributed by atoms with Crippen molar-refractivity contribution in [3.8, 4) is 0 Å². The monoisotopic (exact) mass is 389 g/mol. The zero-order chi connectivity index (χ0) is 17.3. The van der Waals surface area contributed by atoms with Gasteiger partial charge in [-0.2, -0.15) is 0 Å². The van der Waals surface area contributed by atoms with Gasteiger partial charge in [0.1, 0.15) is 11.7 Å². The van der Waals surface area contributed by atoms with E-state index in [1.54, 1.807) is 20.2 Å². The third-order valence-corrected chi connectivity index (χ3v) is 4.65. The van der Waals surface area contributed by atoms with E-state index >= 15 is 0 Å². The Hall–Kier alpha value is -2.48. The molecule has 7 nitrogen and oxygen atoms in total. The maximum absolute atomic E-state index is 12.7. The quantitative estimate of drug-likeness (QED) is 0.805. The number of piperazine rings is 1. The minimum Gasteiger partial charge on any atom is -0.328 e. The molecule has 24 heavy (non-hydrogen) atoms. The number of aromatic nitrogens is 3. The molecule has 0 radical (unpaired) electrons. The number of benzene rings is 1. The van der Waals surface area contributed by atoms with Crippen LogP contribution >= 0.6 is 15.9 Å². The van der Waals surface area contributed by atoms with E-state index in [2.05, 4.69) is 31.3 Å². The van der Waals surface area contributed by atoms with E-state index in [1.165, 1.54) is 9.80 Å². The Balaban J connectivity index is 1.89. The van der Waals surface area contributed by atoms with Crippen molar-refractivity contribution < 1.29 is 9.59 Å². The lowest BCUT2D eigenvalue weighted by molar-refractivity contribution is -0.148. The van der Waals surface area contributed by atoms with Crippen LogP contribution in [0.1, 0.15) is 11.3 Å². The Morgan fingerprint density at radius 1 is 1.25 bits per heavy atom. The van der Waals surface area contributed by atoms with Crippen molar-refractivity contribution in [2.45, 2.75) is 12.5 Å². The highest BCUT2D eigenvalue weighted by Crippen LogP contribution is 2.24. The molecule has 1 aromatic heterocycles. The highest BCUT2D eigenvalue weighted by molar-refractivity contribution is 9.10. The molecule has 0 bridgehead atoms. The summed E-state index contributed by atoms with van der Waals surface area (Å²) in [6.07, 6.45) is 2.05. The van der Waals surface area contributed by atoms with Gasteiger partial charge in [0.2, 0.25) is 5.91 Å². The van der Waals surface area contributed by atoms with Gasteiger partial charge < -0.3 is 9.80 Å². The van der Waals surface area contributed by atoms with E-state index < -0.39 is 6.04 Å². The Bertz CT molecular complexity index is 802. The largest absolute Gasteiger partial charge is 0.328 e. The van der Waals surface area contributed by atoms with Gasteiger partial charge in [0, 0.05) is 20.5 Å². The summed E-state index contributed by atoms with van der Waals surface area (Å²) in [5, 5.41) is 10.1. The Kier molecular flexibility index (Phi) is 4.48. The van der Waals surface area contributed by atoms with Crippen LogP contribution in [-0.2, 0) is 16.0 Å². The SMILES string of the molecule is CN1C(=O)C(Cc2ccccc2)N(C)C(=O)C1=Cc1[nH]nnc1Br. The molecule has 1 unspecified atom stereocenters. The first-order chi connectivity index (χ1) is 11.5. The van der Waals surface area contributed by atoms with Crippen LogP contribution in [0.4, 0.5) is 0 Å². The van der Waals surface area contributed by atoms with Crippen LogP contribution in [0, 0.1) is 0 Å². The first-order valence-electron chi connectivity index (χ1n) is 7.36. The number of hydrogen-bond donors (Lipinski definition) is 1. The van der Waals surface area contributed by atoms with Gasteiger partial charge in [-0.25, -0.2) is 0 Å². The summed E-state index contributed by atoms with van der Waals surface area (Å²) in [5.74, 6) is -0.352. The Morgan fingerprint density at radius 3 is 2.58 bits per heavy atom. The maximum Gasteiger partial charge on any atom is 0.271 e. The van der Waals surface area contributed by atoms with Gasteiger partial charge >= 0.3 is 0 Å². The molecule has 1 fully saturated rings. The molecule has 2 amide bonds. The number of carbonyl (C=O) groups excluding carboxylic acids is 2. The topological polar surface area (TPSA) is 82.2 Å². The van der Waals surface area contributed by atoms with Gasteiger partial charge in [0.05, 0.1) is 5.69 Å². The highest BCUT2D eigenvalue weighted by atomic mass is 79.9. The molecule has 1 N–H and O–H groups in total. The average Bonchev–Trinajstić information content (AvgIpc) is 2.99. The van der Waals surface area contributed by atoms with Crippen molar-refractivity contribution in [3.63, 3.8) is 0 Å². The van der Waals surface area contributed by atoms with Crippen molar-refractivity contribution in [1.29, 1.82) is 0 Å². The second-order valence-electron chi connectivity index (χ2n) is 5.56. The molecule has 0 aliphatic carbocycles. The van der Waals surface area contributed by atoms with Crippen LogP contribution in [-0.4, -0.2) is 57.2 Å². The van der Waals surface area contributed by atoms with E-state index in [0.717, 1.165) is 5.56 Å². The fourth-order valence-electron chi connectivity index (χ4n) is 2.65. The molecule has 124 valence electrons. The van der Waals surface area contributed by atoms with Crippen LogP contribution in [0.15, 0.2) is 40.6 Å². The number of amides is 2. The maximum atomic E-state index is 12.7. The van der Waals surface area contributed by atoms with Gasteiger partial charge in [0.25, 0.3) is 5.91 Å². The number of hydrogen-bond acceptors (Lipinski definition) is 4. The summed E-state index contributed by atoms with van der Waals surface area (Å²) in [5.41, 5.74) is 1.82. The molecular weight excluding hydrogens is 374 g/mol. The molecule has 1 saturated heterocycles. The normalized spacial score (nSPS) is 20.1. The fraction of sp³-hybridized carbons (Fsp3) is 0.250. The van der Waals surface area contributed by atoms with Crippen molar-refractivity contribution >= 4 is 33.8 Å². The van der Waals surface area contributed by atoms with Crippen molar-refractivity contribution in [2.75, 3.05) is 14.1 Å². The van der Waals surface area contributed by atoms with Gasteiger partial charge in [-0.15, -0.1) is 5.10 Å². The van der Waals surface area contributed by atoms with Crippen LogP contribution in [0.25, 0.3) is 6.08 Å². The summed E-state index contributed by atoms with van der Waals surface area (Å²) >= 11 is 3.24. The molecule has 1 atom stereocenters. The van der Waals surface area contributed by atoms with E-state index in [-0.39, 0.29) is 17.5 Å². The first kappa shape index (κ1) is 16.4. The number of H-pyrrole nitrogens is 1. The van der Waals surface area contributed by atoms with E-state index in [0.29, 0.717) is 16.7 Å². The molecular formula is C16H16BrN5O2. The lowest BCUT2D eigenvalue weighted by atomic mass is 10.0. The van der Waals surface area contributed by atoms with Crippen LogP contribution in [0.2, 0.25) is 0 Å². The van der Waals surface area contributed by atoms with Crippen LogP contribution in [0.5, 0.6) is 0 Å². The second kappa shape index (κ2) is 6.56. The summed E-state index contributed by atoms with van der Waals surface area (Å²) in [4.78, 5) is 28.3. The predicted molar refractivity (Wildman–Crippen MR) is 91.5 cm³/mol. The lowest BCUT2D eigenvalue weighted by Gasteiger charge is -2.38. The second-order valence-corrected chi connectivity index (χ2v) is 6.32. The number of carbonyl (C=O) groups is 2. The fourth-order valence-corrected chi connectivity index (χ4v) is 2.93. The lowest BCUT2D eigenvalue weighted by Crippen LogP contribution is -2.56. The number of nitrogens with one attached hydrogen (secondary N) is 1. The molecule has 2 heterocycles. The molecule has 0 spiro atoms. The predicted octanol–water partition coefficient (Wildman–Crippen LogP) is 1.45. The van der Waals surface area contributed by atoms with Gasteiger partial charge in [-0.05, 0) is 27.6 Å². The van der Waals surface area contributed by atoms with Gasteiger partial charge in [0.15, 0.2) is 4.60 Å². The van der Waals surface area contributed by atoms with Crippen molar-refractivity contribution in [3.05, 3.63) is 51.9 Å². The molecule has 2 aromatic rings. The van der Waals surface area contributed by atoms with Crippen LogP contribution < -0.4 is 0 Å². The van der Waals surface area contributed by atoms with E-state index in [9.17, 15) is 9.59 Å². The van der Waals surface area contributed by atoms with Crippen molar-refractivity contribution in [2.24, 2.45) is 0 Å². The molecule has 1 aliphatic heterocycles. The van der Waals surface area contributed by atoms with E-state index in [4.69, 9.17) is 0 Å². The van der Waals surface area contributed by atoms with Crippen molar-refractivity contribution in [1.82, 2.24) is 25.2 Å². The highest BCUT2D eigenvalue weighted by Gasteiger charge is 2.39. The summed E-state index contributed by atoms with van der Waals surface area (Å²) in [6.45, 7) is 0. The van der Waals surface area contributed by atoms with Gasteiger partial charge in [-0.1, -0.05) is 35.5 Å². The zero-order valence-corrected chi connectivity index (χ0v) is 14.8. The number of halogens is 1. The number of likely N-dealkylation sites (N-methyl/N-ethyl adjacent to an activating group) is 2. The third kappa shape index (κ3) is 2.96. The molecule has 8 heteroatoms. The Morgan fingerprint density at radius 2 is 1.96 bits per heavy atom. The molecule has 1 aliphatic rings. The minimum atomic E-state index is -0.523.